The maximum atomic E-state index is 12.6. The molecule has 0 radical (unpaired) electrons. The minimum absolute atomic E-state index is 0.216. The summed E-state index contributed by atoms with van der Waals surface area (Å²) in [5.74, 6) is 0.937. The average Bonchev–Trinajstić information content (AvgIpc) is 3.39. The predicted molar refractivity (Wildman–Crippen MR) is 125 cm³/mol. The summed E-state index contributed by atoms with van der Waals surface area (Å²) in [5, 5.41) is 8.68. The fourth-order valence-electron chi connectivity index (χ4n) is 3.47. The average molecular weight is 446 g/mol. The Labute approximate surface area is 186 Å². The highest BCUT2D eigenvalue weighted by atomic mass is 32.1. The number of carbonyl (C=O) groups excluding carboxylic acids is 1. The number of hydrogen-bond acceptors (Lipinski definition) is 6. The fourth-order valence-corrected chi connectivity index (χ4v) is 4.38. The molecule has 0 saturated heterocycles. The molecule has 0 bridgehead atoms. The molecule has 0 aliphatic heterocycles. The van der Waals surface area contributed by atoms with E-state index in [0.717, 1.165) is 31.6 Å². The lowest BCUT2D eigenvalue weighted by molar-refractivity contribution is -0.117. The lowest BCUT2D eigenvalue weighted by Crippen LogP contribution is -2.29. The van der Waals surface area contributed by atoms with Crippen molar-refractivity contribution in [1.82, 2.24) is 19.3 Å². The molecule has 0 aliphatic carbocycles. The van der Waals surface area contributed by atoms with Crippen LogP contribution in [0.2, 0.25) is 0 Å². The molecule has 0 spiro atoms. The van der Waals surface area contributed by atoms with Gasteiger partial charge in [0.05, 0.1) is 22.3 Å². The van der Waals surface area contributed by atoms with E-state index >= 15 is 0 Å². The summed E-state index contributed by atoms with van der Waals surface area (Å²) in [6.45, 7) is 2.28. The first-order valence-electron chi connectivity index (χ1n) is 10.1. The first-order valence-corrected chi connectivity index (χ1v) is 10.9. The van der Waals surface area contributed by atoms with E-state index in [0.29, 0.717) is 17.6 Å². The quantitative estimate of drug-likeness (QED) is 0.429. The Balaban J connectivity index is 1.37. The molecule has 160 valence electrons. The molecule has 0 unspecified atom stereocenters. The van der Waals surface area contributed by atoms with Gasteiger partial charge in [0, 0.05) is 12.3 Å². The van der Waals surface area contributed by atoms with Gasteiger partial charge in [0.2, 0.25) is 5.91 Å². The van der Waals surface area contributed by atoms with E-state index in [1.807, 2.05) is 66.2 Å². The highest BCUT2D eigenvalue weighted by molar-refractivity contribution is 7.22. The number of carbonyl (C=O) groups is 1. The summed E-state index contributed by atoms with van der Waals surface area (Å²) in [5.41, 5.74) is 1.38. The normalized spacial score (nSPS) is 11.2. The number of nitrogens with one attached hydrogen (secondary N) is 1. The number of amides is 1. The van der Waals surface area contributed by atoms with E-state index in [2.05, 4.69) is 15.4 Å². The van der Waals surface area contributed by atoms with Crippen LogP contribution in [0.25, 0.3) is 26.9 Å². The maximum absolute atomic E-state index is 12.6. The van der Waals surface area contributed by atoms with Crippen molar-refractivity contribution >= 4 is 43.5 Å². The Kier molecular flexibility index (Phi) is 5.16. The third-order valence-electron chi connectivity index (χ3n) is 4.91. The Hall–Kier alpha value is -3.98. The number of nitrogens with zero attached hydrogens (tertiary/aromatic N) is 4. The maximum Gasteiger partial charge on any atom is 0.267 e. The second-order valence-corrected chi connectivity index (χ2v) is 8.09. The molecule has 1 N–H and O–H groups in total. The van der Waals surface area contributed by atoms with E-state index in [9.17, 15) is 9.59 Å². The minimum atomic E-state index is -0.377. The van der Waals surface area contributed by atoms with Gasteiger partial charge in [0.25, 0.3) is 5.56 Å². The molecule has 0 aliphatic rings. The zero-order valence-corrected chi connectivity index (χ0v) is 18.0. The fraction of sp³-hybridized carbons (Fsp3) is 0.130. The molecular formula is C23H19N5O3S. The first kappa shape index (κ1) is 20.0. The molecule has 3 aromatic heterocycles. The van der Waals surface area contributed by atoms with Crippen LogP contribution >= 0.6 is 11.3 Å². The lowest BCUT2D eigenvalue weighted by atomic mass is 10.2. The summed E-state index contributed by atoms with van der Waals surface area (Å²) in [6.07, 6.45) is 1.89. The molecule has 5 rings (SSSR count). The van der Waals surface area contributed by atoms with Crippen LogP contribution in [0.15, 0.2) is 71.7 Å². The molecule has 9 heteroatoms. The van der Waals surface area contributed by atoms with Gasteiger partial charge in [-0.1, -0.05) is 29.5 Å². The van der Waals surface area contributed by atoms with E-state index < -0.39 is 0 Å². The third kappa shape index (κ3) is 3.85. The van der Waals surface area contributed by atoms with Crippen molar-refractivity contribution < 1.29 is 9.53 Å². The van der Waals surface area contributed by atoms with Crippen LogP contribution in [0.1, 0.15) is 6.92 Å². The molecule has 3 heterocycles. The van der Waals surface area contributed by atoms with Crippen LogP contribution in [-0.4, -0.2) is 31.8 Å². The van der Waals surface area contributed by atoms with Crippen LogP contribution in [-0.2, 0) is 11.3 Å². The Bertz CT molecular complexity index is 1500. The first-order chi connectivity index (χ1) is 15.6. The second kappa shape index (κ2) is 8.27. The Morgan fingerprint density at radius 1 is 1.12 bits per heavy atom. The van der Waals surface area contributed by atoms with Crippen LogP contribution in [0.5, 0.6) is 5.75 Å². The van der Waals surface area contributed by atoms with E-state index in [1.54, 1.807) is 6.07 Å². The van der Waals surface area contributed by atoms with Gasteiger partial charge >= 0.3 is 0 Å². The number of aromatic nitrogens is 4. The van der Waals surface area contributed by atoms with Gasteiger partial charge in [-0.05, 0) is 48.7 Å². The van der Waals surface area contributed by atoms with Crippen LogP contribution in [0.4, 0.5) is 5.13 Å². The van der Waals surface area contributed by atoms with Crippen molar-refractivity contribution in [3.63, 3.8) is 0 Å². The molecule has 5 aromatic rings. The van der Waals surface area contributed by atoms with Gasteiger partial charge in [0.15, 0.2) is 10.9 Å². The molecule has 32 heavy (non-hydrogen) atoms. The van der Waals surface area contributed by atoms with Gasteiger partial charge in [-0.15, -0.1) is 0 Å². The van der Waals surface area contributed by atoms with E-state index in [4.69, 9.17) is 4.74 Å². The van der Waals surface area contributed by atoms with Crippen LogP contribution in [0, 0.1) is 0 Å². The molecular weight excluding hydrogens is 426 g/mol. The second-order valence-electron chi connectivity index (χ2n) is 7.06. The lowest BCUT2D eigenvalue weighted by Gasteiger charge is -2.08. The zero-order valence-electron chi connectivity index (χ0n) is 17.2. The number of hydrogen-bond donors (Lipinski definition) is 1. The Morgan fingerprint density at radius 3 is 2.88 bits per heavy atom. The number of thiazole rings is 1. The number of para-hydroxylation sites is 1. The van der Waals surface area contributed by atoms with Gasteiger partial charge in [-0.25, -0.2) is 9.67 Å². The van der Waals surface area contributed by atoms with Crippen molar-refractivity contribution in [1.29, 1.82) is 0 Å². The van der Waals surface area contributed by atoms with Crippen molar-refractivity contribution in [3.8, 4) is 11.6 Å². The zero-order chi connectivity index (χ0) is 22.1. The number of fused-ring (bicyclic) bond motifs is 2. The third-order valence-corrected chi connectivity index (χ3v) is 5.84. The number of ether oxygens (including phenoxy) is 1. The van der Waals surface area contributed by atoms with E-state index in [1.165, 1.54) is 17.4 Å². The molecule has 8 nitrogen and oxygen atoms in total. The summed E-state index contributed by atoms with van der Waals surface area (Å²) < 4.78 is 9.45. The largest absolute Gasteiger partial charge is 0.494 e. The summed E-state index contributed by atoms with van der Waals surface area (Å²) in [4.78, 5) is 29.4. The van der Waals surface area contributed by atoms with Crippen LogP contribution < -0.4 is 15.6 Å². The van der Waals surface area contributed by atoms with Crippen molar-refractivity contribution in [3.05, 3.63) is 77.2 Å². The molecule has 0 fully saturated rings. The topological polar surface area (TPSA) is 91.0 Å². The summed E-state index contributed by atoms with van der Waals surface area (Å²) >= 11 is 1.35. The Morgan fingerprint density at radius 2 is 2.00 bits per heavy atom. The molecule has 0 saturated carbocycles. The van der Waals surface area contributed by atoms with Crippen molar-refractivity contribution in [2.24, 2.45) is 0 Å². The van der Waals surface area contributed by atoms with E-state index in [-0.39, 0.29) is 18.0 Å². The smallest absolute Gasteiger partial charge is 0.267 e. The summed E-state index contributed by atoms with van der Waals surface area (Å²) in [7, 11) is 0. The van der Waals surface area contributed by atoms with Crippen molar-refractivity contribution in [2.75, 3.05) is 11.9 Å². The highest BCUT2D eigenvalue weighted by Gasteiger charge is 2.12. The van der Waals surface area contributed by atoms with Gasteiger partial charge in [-0.2, -0.15) is 5.10 Å². The predicted octanol–water partition coefficient (Wildman–Crippen LogP) is 3.83. The summed E-state index contributed by atoms with van der Waals surface area (Å²) in [6, 6.07) is 18.5. The van der Waals surface area contributed by atoms with Gasteiger partial charge in [-0.3, -0.25) is 14.2 Å². The number of benzene rings is 2. The monoisotopic (exact) mass is 445 g/mol. The minimum Gasteiger partial charge on any atom is -0.494 e. The number of rotatable bonds is 6. The molecule has 1 amide bonds. The van der Waals surface area contributed by atoms with Crippen molar-refractivity contribution in [2.45, 2.75) is 13.5 Å². The molecule has 0 atom stereocenters. The van der Waals surface area contributed by atoms with Crippen LogP contribution in [0.3, 0.4) is 0 Å². The standard InChI is InChI=1S/C23H19N5O3S/c1-2-31-16-7-8-17-19(13-16)32-23(24-17)25-21(29)14-28-22(30)10-9-20(26-28)27-12-11-15-5-3-4-6-18(15)27/h3-13H,2,14H2,1H3,(H,24,25,29). The molecule has 2 aromatic carbocycles. The highest BCUT2D eigenvalue weighted by Crippen LogP contribution is 2.29. The number of anilines is 1. The SMILES string of the molecule is CCOc1ccc2nc(NC(=O)Cn3nc(-n4ccc5ccccc54)ccc3=O)sc2c1. The van der Waals surface area contributed by atoms with Gasteiger partial charge in [0.1, 0.15) is 12.3 Å². The van der Waals surface area contributed by atoms with Gasteiger partial charge < -0.3 is 10.1 Å².